The molecule has 2 N–H and O–H groups in total. The average Bonchev–Trinajstić information content (AvgIpc) is 2.69. The van der Waals surface area contributed by atoms with E-state index in [1.165, 1.54) is 6.07 Å². The van der Waals surface area contributed by atoms with Gasteiger partial charge >= 0.3 is 0 Å². The summed E-state index contributed by atoms with van der Waals surface area (Å²) < 4.78 is 32.5. The predicted molar refractivity (Wildman–Crippen MR) is 106 cm³/mol. The molecule has 0 spiro atoms. The van der Waals surface area contributed by atoms with Crippen molar-refractivity contribution in [3.63, 3.8) is 0 Å². The van der Waals surface area contributed by atoms with Crippen molar-refractivity contribution in [2.24, 2.45) is 11.7 Å². The second-order valence-electron chi connectivity index (χ2n) is 7.01. The summed E-state index contributed by atoms with van der Waals surface area (Å²) in [6.45, 7) is 3.20. The summed E-state index contributed by atoms with van der Waals surface area (Å²) in [5.74, 6) is -1.64. The Balaban J connectivity index is 0.00000280. The molecule has 152 valence electrons. The summed E-state index contributed by atoms with van der Waals surface area (Å²) in [7, 11) is 0. The van der Waals surface area contributed by atoms with Crippen molar-refractivity contribution in [3.05, 3.63) is 65.7 Å². The van der Waals surface area contributed by atoms with Crippen LogP contribution in [0, 0.1) is 17.6 Å². The maximum atomic E-state index is 13.5. The Hall–Kier alpha value is -2.18. The van der Waals surface area contributed by atoms with Gasteiger partial charge in [-0.25, -0.2) is 8.78 Å². The number of likely N-dealkylation sites (tertiary alicyclic amines) is 1. The Morgan fingerprint density at radius 3 is 2.32 bits per heavy atom. The number of hydrogen-bond acceptors (Lipinski definition) is 3. The molecule has 0 radical (unpaired) electrons. The largest absolute Gasteiger partial charge is 0.476 e. The van der Waals surface area contributed by atoms with Crippen LogP contribution in [0.15, 0.2) is 48.5 Å². The maximum absolute atomic E-state index is 13.5. The van der Waals surface area contributed by atoms with Crippen LogP contribution in [0.3, 0.4) is 0 Å². The highest BCUT2D eigenvalue weighted by atomic mass is 35.5. The lowest BCUT2D eigenvalue weighted by Gasteiger charge is -2.35. The average molecular weight is 411 g/mol. The third-order valence-electron chi connectivity index (χ3n) is 5.07. The maximum Gasteiger partial charge on any atom is 0.268 e. The van der Waals surface area contributed by atoms with E-state index in [-0.39, 0.29) is 30.1 Å². The van der Waals surface area contributed by atoms with Crippen LogP contribution in [0.2, 0.25) is 0 Å². The van der Waals surface area contributed by atoms with Crippen LogP contribution < -0.4 is 10.5 Å². The van der Waals surface area contributed by atoms with Gasteiger partial charge in [0.1, 0.15) is 5.75 Å². The van der Waals surface area contributed by atoms with E-state index >= 15 is 0 Å². The van der Waals surface area contributed by atoms with Gasteiger partial charge in [0.05, 0.1) is 0 Å². The highest BCUT2D eigenvalue weighted by Gasteiger charge is 2.31. The first kappa shape index (κ1) is 22.1. The molecular formula is C21H25ClF2N2O2. The zero-order chi connectivity index (χ0) is 19.4. The summed E-state index contributed by atoms with van der Waals surface area (Å²) in [4.78, 5) is 14.9. The van der Waals surface area contributed by atoms with Gasteiger partial charge in [0.2, 0.25) is 6.10 Å². The standard InChI is InChI=1S/C21H24F2N2O2.ClH/c1-14(24)15-9-11-25(12-10-15)21(26)20(16-5-3-2-4-6-16)27-17-7-8-18(22)19(23)13-17;/h2-8,13-15,20H,9-12,24H2,1H3;1H. The first-order valence-electron chi connectivity index (χ1n) is 9.16. The Morgan fingerprint density at radius 2 is 1.75 bits per heavy atom. The van der Waals surface area contributed by atoms with Crippen molar-refractivity contribution < 1.29 is 18.3 Å². The molecule has 4 nitrogen and oxygen atoms in total. The molecule has 0 aromatic heterocycles. The number of amides is 1. The number of hydrogen-bond donors (Lipinski definition) is 1. The molecule has 0 saturated carbocycles. The molecule has 1 fully saturated rings. The van der Waals surface area contributed by atoms with Gasteiger partial charge in [-0.2, -0.15) is 0 Å². The zero-order valence-electron chi connectivity index (χ0n) is 15.7. The summed E-state index contributed by atoms with van der Waals surface area (Å²) >= 11 is 0. The number of carbonyl (C=O) groups is 1. The lowest BCUT2D eigenvalue weighted by atomic mass is 9.90. The quantitative estimate of drug-likeness (QED) is 0.807. The predicted octanol–water partition coefficient (Wildman–Crippen LogP) is 4.09. The summed E-state index contributed by atoms with van der Waals surface area (Å²) in [6, 6.07) is 12.4. The monoisotopic (exact) mass is 410 g/mol. The van der Waals surface area contributed by atoms with Crippen molar-refractivity contribution in [3.8, 4) is 5.75 Å². The third-order valence-corrected chi connectivity index (χ3v) is 5.07. The lowest BCUT2D eigenvalue weighted by molar-refractivity contribution is -0.140. The van der Waals surface area contributed by atoms with E-state index in [2.05, 4.69) is 0 Å². The summed E-state index contributed by atoms with van der Waals surface area (Å²) in [6.07, 6.45) is 0.773. The fourth-order valence-electron chi connectivity index (χ4n) is 3.39. The van der Waals surface area contributed by atoms with E-state index < -0.39 is 17.7 Å². The Bertz CT molecular complexity index is 781. The number of nitrogens with zero attached hydrogens (tertiary/aromatic N) is 1. The van der Waals surface area contributed by atoms with Crippen LogP contribution in [-0.4, -0.2) is 29.9 Å². The van der Waals surface area contributed by atoms with Crippen LogP contribution in [0.25, 0.3) is 0 Å². The van der Waals surface area contributed by atoms with Gasteiger partial charge in [0.25, 0.3) is 5.91 Å². The van der Waals surface area contributed by atoms with E-state index in [1.54, 1.807) is 17.0 Å². The topological polar surface area (TPSA) is 55.6 Å². The van der Waals surface area contributed by atoms with Crippen molar-refractivity contribution in [1.29, 1.82) is 0 Å². The van der Waals surface area contributed by atoms with E-state index in [0.717, 1.165) is 25.0 Å². The van der Waals surface area contributed by atoms with E-state index in [0.29, 0.717) is 24.6 Å². The Kier molecular flexibility index (Phi) is 7.78. The minimum absolute atomic E-state index is 0. The second kappa shape index (κ2) is 9.85. The van der Waals surface area contributed by atoms with Crippen molar-refractivity contribution in [2.75, 3.05) is 13.1 Å². The van der Waals surface area contributed by atoms with Gasteiger partial charge in [0, 0.05) is 30.8 Å². The highest BCUT2D eigenvalue weighted by molar-refractivity contribution is 5.85. The highest BCUT2D eigenvalue weighted by Crippen LogP contribution is 2.28. The molecule has 28 heavy (non-hydrogen) atoms. The third kappa shape index (κ3) is 5.20. The zero-order valence-corrected chi connectivity index (χ0v) is 16.5. The van der Waals surface area contributed by atoms with Crippen LogP contribution >= 0.6 is 12.4 Å². The molecule has 3 rings (SSSR count). The number of piperidine rings is 1. The first-order valence-corrected chi connectivity index (χ1v) is 9.16. The van der Waals surface area contributed by atoms with E-state index in [4.69, 9.17) is 10.5 Å². The van der Waals surface area contributed by atoms with Crippen molar-refractivity contribution >= 4 is 18.3 Å². The van der Waals surface area contributed by atoms with Gasteiger partial charge in [-0.3, -0.25) is 4.79 Å². The molecule has 0 aliphatic carbocycles. The number of nitrogens with two attached hydrogens (primary N) is 1. The number of benzene rings is 2. The Labute approximate surface area is 170 Å². The molecule has 2 unspecified atom stereocenters. The van der Waals surface area contributed by atoms with Gasteiger partial charge in [-0.15, -0.1) is 12.4 Å². The molecule has 2 atom stereocenters. The molecule has 2 aromatic carbocycles. The summed E-state index contributed by atoms with van der Waals surface area (Å²) in [5, 5.41) is 0. The smallest absolute Gasteiger partial charge is 0.268 e. The summed E-state index contributed by atoms with van der Waals surface area (Å²) in [5.41, 5.74) is 6.64. The molecule has 1 aliphatic heterocycles. The fraction of sp³-hybridized carbons (Fsp3) is 0.381. The number of rotatable bonds is 5. The molecule has 0 bridgehead atoms. The van der Waals surface area contributed by atoms with Crippen LogP contribution in [0.5, 0.6) is 5.75 Å². The van der Waals surface area contributed by atoms with Gasteiger partial charge < -0.3 is 15.4 Å². The minimum atomic E-state index is -1.01. The van der Waals surface area contributed by atoms with Crippen molar-refractivity contribution in [1.82, 2.24) is 4.90 Å². The van der Waals surface area contributed by atoms with E-state index in [1.807, 2.05) is 25.1 Å². The fourth-order valence-corrected chi connectivity index (χ4v) is 3.39. The molecule has 2 aromatic rings. The first-order chi connectivity index (χ1) is 13.0. The molecule has 7 heteroatoms. The van der Waals surface area contributed by atoms with Crippen molar-refractivity contribution in [2.45, 2.75) is 31.9 Å². The molecule has 1 heterocycles. The number of halogens is 3. The number of carbonyl (C=O) groups excluding carboxylic acids is 1. The lowest BCUT2D eigenvalue weighted by Crippen LogP contribution is -2.45. The SMILES string of the molecule is CC(N)C1CCN(C(=O)C(Oc2ccc(F)c(F)c2)c2ccccc2)CC1.Cl. The molecule has 1 amide bonds. The Morgan fingerprint density at radius 1 is 1.11 bits per heavy atom. The number of ether oxygens (including phenoxy) is 1. The van der Waals surface area contributed by atoms with Crippen LogP contribution in [-0.2, 0) is 4.79 Å². The van der Waals surface area contributed by atoms with Gasteiger partial charge in [0.15, 0.2) is 11.6 Å². The minimum Gasteiger partial charge on any atom is -0.476 e. The molecule has 1 saturated heterocycles. The molecular weight excluding hydrogens is 386 g/mol. The molecule has 1 aliphatic rings. The second-order valence-corrected chi connectivity index (χ2v) is 7.01. The van der Waals surface area contributed by atoms with Crippen LogP contribution in [0.1, 0.15) is 31.4 Å². The normalized spacial score (nSPS) is 16.8. The van der Waals surface area contributed by atoms with Gasteiger partial charge in [-0.1, -0.05) is 30.3 Å². The van der Waals surface area contributed by atoms with Crippen LogP contribution in [0.4, 0.5) is 8.78 Å². The van der Waals surface area contributed by atoms with E-state index in [9.17, 15) is 13.6 Å². The van der Waals surface area contributed by atoms with Gasteiger partial charge in [-0.05, 0) is 37.8 Å².